The highest BCUT2D eigenvalue weighted by molar-refractivity contribution is 6.22. The molecule has 0 unspecified atom stereocenters. The van der Waals surface area contributed by atoms with Crippen molar-refractivity contribution < 1.29 is 28.7 Å². The van der Waals surface area contributed by atoms with Gasteiger partial charge in [0, 0.05) is 5.69 Å². The third-order valence-corrected chi connectivity index (χ3v) is 5.71. The number of imide groups is 1. The van der Waals surface area contributed by atoms with Gasteiger partial charge in [0.1, 0.15) is 6.04 Å². The average Bonchev–Trinajstić information content (AvgIpc) is 3.04. The monoisotopic (exact) mass is 479 g/mol. The van der Waals surface area contributed by atoms with E-state index >= 15 is 0 Å². The molecule has 0 radical (unpaired) electrons. The van der Waals surface area contributed by atoms with Gasteiger partial charge in [0.15, 0.2) is 6.61 Å². The zero-order valence-corrected chi connectivity index (χ0v) is 20.4. The number of anilines is 1. The number of hydrogen-bond acceptors (Lipinski definition) is 6. The van der Waals surface area contributed by atoms with E-state index in [4.69, 9.17) is 4.74 Å². The minimum Gasteiger partial charge on any atom is -0.454 e. The lowest BCUT2D eigenvalue weighted by atomic mass is 10.0. The van der Waals surface area contributed by atoms with Crippen molar-refractivity contribution in [2.45, 2.75) is 40.7 Å². The number of carbonyl (C=O) groups excluding carboxylic acids is 5. The number of nitrogens with zero attached hydrogens (tertiary/aromatic N) is 1. The molecule has 1 aliphatic rings. The minimum atomic E-state index is -1.19. The minimum absolute atomic E-state index is 0.221. The summed E-state index contributed by atoms with van der Waals surface area (Å²) in [5.41, 5.74) is 4.02. The summed E-state index contributed by atoms with van der Waals surface area (Å²) in [5, 5.41) is 5.17. The number of amides is 4. The molecule has 184 valence electrons. The SMILES string of the molecule is Cc1cc(C)c(NC(=O)CNC(=O)COC(=O)[C@H](C(C)C)N2C(=O)c3ccccc3C2=O)c(C)c1. The second-order valence-corrected chi connectivity index (χ2v) is 8.92. The molecule has 0 aromatic heterocycles. The molecule has 2 aromatic carbocycles. The summed E-state index contributed by atoms with van der Waals surface area (Å²) in [6, 6.07) is 9.02. The summed E-state index contributed by atoms with van der Waals surface area (Å²) in [5.74, 6) is -3.59. The van der Waals surface area contributed by atoms with E-state index in [9.17, 15) is 24.0 Å². The number of benzene rings is 2. The van der Waals surface area contributed by atoms with E-state index in [1.165, 1.54) is 12.1 Å². The molecule has 9 heteroatoms. The van der Waals surface area contributed by atoms with Crippen LogP contribution >= 0.6 is 0 Å². The molecule has 2 N–H and O–H groups in total. The van der Waals surface area contributed by atoms with Crippen LogP contribution in [0.5, 0.6) is 0 Å². The molecule has 3 rings (SSSR count). The Morgan fingerprint density at radius 1 is 0.914 bits per heavy atom. The Bertz CT molecular complexity index is 1150. The van der Waals surface area contributed by atoms with Gasteiger partial charge in [-0.3, -0.25) is 24.1 Å². The van der Waals surface area contributed by atoms with Crippen LogP contribution in [0.4, 0.5) is 5.69 Å². The maximum Gasteiger partial charge on any atom is 0.330 e. The fraction of sp³-hybridized carbons (Fsp3) is 0.346. The summed E-state index contributed by atoms with van der Waals surface area (Å²) in [4.78, 5) is 63.7. The van der Waals surface area contributed by atoms with Gasteiger partial charge in [0.2, 0.25) is 5.91 Å². The Labute approximate surface area is 203 Å². The Morgan fingerprint density at radius 2 is 1.46 bits per heavy atom. The summed E-state index contributed by atoms with van der Waals surface area (Å²) >= 11 is 0. The van der Waals surface area contributed by atoms with Gasteiger partial charge < -0.3 is 15.4 Å². The Kier molecular flexibility index (Phi) is 7.68. The molecule has 0 bridgehead atoms. The van der Waals surface area contributed by atoms with E-state index in [1.54, 1.807) is 26.0 Å². The van der Waals surface area contributed by atoms with Crippen molar-refractivity contribution in [2.75, 3.05) is 18.5 Å². The van der Waals surface area contributed by atoms with Crippen LogP contribution < -0.4 is 10.6 Å². The van der Waals surface area contributed by atoms with Gasteiger partial charge in [0.25, 0.3) is 17.7 Å². The van der Waals surface area contributed by atoms with E-state index in [1.807, 2.05) is 32.9 Å². The molecule has 4 amide bonds. The molecule has 0 saturated heterocycles. The first kappa shape index (κ1) is 25.6. The molecule has 2 aromatic rings. The summed E-state index contributed by atoms with van der Waals surface area (Å²) in [6.45, 7) is 8.12. The third-order valence-electron chi connectivity index (χ3n) is 5.71. The standard InChI is InChI=1S/C26H29N3O6/c1-14(2)23(29-24(32)18-8-6-7-9-19(18)25(29)33)26(34)35-13-21(31)27-12-20(30)28-22-16(4)10-15(3)11-17(22)5/h6-11,14,23H,12-13H2,1-5H3,(H,27,31)(H,28,30)/t23-/m0/s1. The molecule has 0 fully saturated rings. The summed E-state index contributed by atoms with van der Waals surface area (Å²) < 4.78 is 5.11. The summed E-state index contributed by atoms with van der Waals surface area (Å²) in [7, 11) is 0. The predicted octanol–water partition coefficient (Wildman–Crippen LogP) is 2.53. The van der Waals surface area contributed by atoms with E-state index in [-0.39, 0.29) is 17.7 Å². The van der Waals surface area contributed by atoms with Crippen LogP contribution in [0.2, 0.25) is 0 Å². The first-order valence-corrected chi connectivity index (χ1v) is 11.3. The highest BCUT2D eigenvalue weighted by Gasteiger charge is 2.44. The van der Waals surface area contributed by atoms with Gasteiger partial charge >= 0.3 is 5.97 Å². The van der Waals surface area contributed by atoms with E-state index in [0.29, 0.717) is 5.69 Å². The average molecular weight is 480 g/mol. The van der Waals surface area contributed by atoms with Crippen molar-refractivity contribution in [1.29, 1.82) is 0 Å². The lowest BCUT2D eigenvalue weighted by Crippen LogP contribution is -2.49. The molecule has 1 atom stereocenters. The fourth-order valence-electron chi connectivity index (χ4n) is 4.15. The van der Waals surface area contributed by atoms with E-state index < -0.39 is 48.2 Å². The first-order valence-electron chi connectivity index (χ1n) is 11.3. The van der Waals surface area contributed by atoms with Crippen LogP contribution in [0.3, 0.4) is 0 Å². The molecule has 9 nitrogen and oxygen atoms in total. The third kappa shape index (κ3) is 5.56. The maximum absolute atomic E-state index is 12.8. The van der Waals surface area contributed by atoms with Gasteiger partial charge in [0.05, 0.1) is 17.7 Å². The number of carbonyl (C=O) groups is 5. The Balaban J connectivity index is 1.55. The number of hydrogen-bond donors (Lipinski definition) is 2. The van der Waals surface area contributed by atoms with Crippen molar-refractivity contribution >= 4 is 35.3 Å². The van der Waals surface area contributed by atoms with Crippen molar-refractivity contribution in [2.24, 2.45) is 5.92 Å². The molecule has 0 spiro atoms. The van der Waals surface area contributed by atoms with Crippen molar-refractivity contribution in [3.8, 4) is 0 Å². The molecule has 1 heterocycles. The van der Waals surface area contributed by atoms with Crippen LogP contribution in [0.25, 0.3) is 0 Å². The van der Waals surface area contributed by atoms with Crippen LogP contribution in [0.15, 0.2) is 36.4 Å². The molecular weight excluding hydrogens is 450 g/mol. The first-order chi connectivity index (χ1) is 16.5. The van der Waals surface area contributed by atoms with Crippen molar-refractivity contribution in [3.05, 3.63) is 64.2 Å². The van der Waals surface area contributed by atoms with E-state index in [2.05, 4.69) is 10.6 Å². The van der Waals surface area contributed by atoms with Crippen LogP contribution in [-0.2, 0) is 19.1 Å². The highest BCUT2D eigenvalue weighted by Crippen LogP contribution is 2.27. The molecule has 0 saturated carbocycles. The lowest BCUT2D eigenvalue weighted by Gasteiger charge is -2.27. The summed E-state index contributed by atoms with van der Waals surface area (Å²) in [6.07, 6.45) is 0. The second-order valence-electron chi connectivity index (χ2n) is 8.92. The smallest absolute Gasteiger partial charge is 0.330 e. The lowest BCUT2D eigenvalue weighted by molar-refractivity contribution is -0.153. The molecule has 0 aliphatic carbocycles. The van der Waals surface area contributed by atoms with E-state index in [0.717, 1.165) is 21.6 Å². The largest absolute Gasteiger partial charge is 0.454 e. The zero-order valence-electron chi connectivity index (χ0n) is 20.4. The topological polar surface area (TPSA) is 122 Å². The predicted molar refractivity (Wildman–Crippen MR) is 129 cm³/mol. The van der Waals surface area contributed by atoms with Gasteiger partial charge in [-0.2, -0.15) is 0 Å². The Hall–Kier alpha value is -4.01. The number of esters is 1. The number of ether oxygens (including phenoxy) is 1. The number of aryl methyl sites for hydroxylation is 3. The van der Waals surface area contributed by atoms with Crippen LogP contribution in [0.1, 0.15) is 51.3 Å². The van der Waals surface area contributed by atoms with Crippen molar-refractivity contribution in [3.63, 3.8) is 0 Å². The molecule has 35 heavy (non-hydrogen) atoms. The highest BCUT2D eigenvalue weighted by atomic mass is 16.5. The normalized spacial score (nSPS) is 13.5. The van der Waals surface area contributed by atoms with Gasteiger partial charge in [-0.25, -0.2) is 4.79 Å². The second kappa shape index (κ2) is 10.5. The molecular formula is C26H29N3O6. The van der Waals surface area contributed by atoms with Gasteiger partial charge in [-0.1, -0.05) is 43.7 Å². The van der Waals surface area contributed by atoms with Crippen LogP contribution in [0, 0.1) is 26.7 Å². The fourth-order valence-corrected chi connectivity index (χ4v) is 4.15. The molecule has 1 aliphatic heterocycles. The number of nitrogens with one attached hydrogen (secondary N) is 2. The maximum atomic E-state index is 12.8. The zero-order chi connectivity index (χ0) is 25.9. The van der Waals surface area contributed by atoms with Crippen LogP contribution in [-0.4, -0.2) is 53.7 Å². The van der Waals surface area contributed by atoms with Gasteiger partial charge in [-0.05, 0) is 49.9 Å². The quantitative estimate of drug-likeness (QED) is 0.443. The number of fused-ring (bicyclic) bond motifs is 1. The Morgan fingerprint density at radius 3 is 1.97 bits per heavy atom. The van der Waals surface area contributed by atoms with Gasteiger partial charge in [-0.15, -0.1) is 0 Å². The van der Waals surface area contributed by atoms with Crippen molar-refractivity contribution in [1.82, 2.24) is 10.2 Å². The number of rotatable bonds is 8.